The third-order valence-corrected chi connectivity index (χ3v) is 6.23. The standard InChI is InChI=1S/C25H28N6O/c1-17-28-24-29-22(19-9-11-20(12-10-19)25(26)13-6-14-25)21(18-7-4-3-5-8-18)23(31(24)30-17)27-15-16-32-2/h3-5,7-12,27H,6,13-16,26H2,1-2H3. The van der Waals surface area contributed by atoms with Crippen molar-refractivity contribution in [1.82, 2.24) is 19.6 Å². The van der Waals surface area contributed by atoms with Gasteiger partial charge in [0.05, 0.1) is 17.9 Å². The Kier molecular flexibility index (Phi) is 5.36. The number of nitrogens with one attached hydrogen (secondary N) is 1. The van der Waals surface area contributed by atoms with Gasteiger partial charge in [0.25, 0.3) is 5.78 Å². The number of nitrogens with two attached hydrogens (primary N) is 1. The van der Waals surface area contributed by atoms with E-state index in [4.69, 9.17) is 15.5 Å². The summed E-state index contributed by atoms with van der Waals surface area (Å²) in [6, 6.07) is 18.8. The molecule has 2 heterocycles. The van der Waals surface area contributed by atoms with Crippen LogP contribution in [0.1, 0.15) is 30.7 Å². The molecule has 3 N–H and O–H groups in total. The molecular weight excluding hydrogens is 400 g/mol. The molecule has 2 aromatic carbocycles. The number of fused-ring (bicyclic) bond motifs is 1. The quantitative estimate of drug-likeness (QED) is 0.430. The van der Waals surface area contributed by atoms with Gasteiger partial charge < -0.3 is 15.8 Å². The topological polar surface area (TPSA) is 90.4 Å². The molecule has 164 valence electrons. The summed E-state index contributed by atoms with van der Waals surface area (Å²) in [5.41, 5.74) is 11.5. The van der Waals surface area contributed by atoms with Crippen LogP contribution >= 0.6 is 0 Å². The van der Waals surface area contributed by atoms with Crippen LogP contribution in [-0.4, -0.2) is 39.8 Å². The number of benzene rings is 2. The molecule has 0 amide bonds. The van der Waals surface area contributed by atoms with Crippen molar-refractivity contribution in [2.75, 3.05) is 25.6 Å². The molecule has 5 rings (SSSR count). The van der Waals surface area contributed by atoms with E-state index in [1.54, 1.807) is 11.6 Å². The fourth-order valence-electron chi connectivity index (χ4n) is 4.33. The van der Waals surface area contributed by atoms with Crippen LogP contribution in [0.2, 0.25) is 0 Å². The van der Waals surface area contributed by atoms with Gasteiger partial charge in [-0.1, -0.05) is 54.6 Å². The first-order valence-corrected chi connectivity index (χ1v) is 11.0. The number of nitrogens with zero attached hydrogens (tertiary/aromatic N) is 4. The van der Waals surface area contributed by atoms with E-state index < -0.39 is 0 Å². The van der Waals surface area contributed by atoms with Crippen molar-refractivity contribution in [3.8, 4) is 22.4 Å². The number of hydrogen-bond acceptors (Lipinski definition) is 6. The monoisotopic (exact) mass is 428 g/mol. The van der Waals surface area contributed by atoms with Crippen molar-refractivity contribution in [2.24, 2.45) is 5.73 Å². The summed E-state index contributed by atoms with van der Waals surface area (Å²) < 4.78 is 7.05. The summed E-state index contributed by atoms with van der Waals surface area (Å²) >= 11 is 0. The van der Waals surface area contributed by atoms with Crippen molar-refractivity contribution < 1.29 is 4.74 Å². The van der Waals surface area contributed by atoms with Gasteiger partial charge in [-0.15, -0.1) is 5.10 Å². The molecule has 0 aliphatic heterocycles. The Morgan fingerprint density at radius 3 is 2.44 bits per heavy atom. The molecule has 0 atom stereocenters. The maximum absolute atomic E-state index is 6.54. The van der Waals surface area contributed by atoms with Gasteiger partial charge in [-0.25, -0.2) is 4.98 Å². The smallest absolute Gasteiger partial charge is 0.254 e. The highest BCUT2D eigenvalue weighted by molar-refractivity contribution is 5.89. The minimum atomic E-state index is -0.185. The normalized spacial score (nSPS) is 15.0. The Morgan fingerprint density at radius 2 is 1.78 bits per heavy atom. The average Bonchev–Trinajstić information content (AvgIpc) is 3.18. The number of ether oxygens (including phenoxy) is 1. The Hall–Kier alpha value is -3.29. The third kappa shape index (κ3) is 3.63. The first-order valence-electron chi connectivity index (χ1n) is 11.0. The van der Waals surface area contributed by atoms with Gasteiger partial charge in [0.1, 0.15) is 11.6 Å². The second kappa shape index (κ2) is 8.33. The highest BCUT2D eigenvalue weighted by atomic mass is 16.5. The van der Waals surface area contributed by atoms with Gasteiger partial charge in [-0.3, -0.25) is 0 Å². The molecule has 1 fully saturated rings. The Labute approximate surface area is 187 Å². The number of anilines is 1. The van der Waals surface area contributed by atoms with Gasteiger partial charge in [0.2, 0.25) is 0 Å². The molecule has 7 heteroatoms. The molecule has 1 saturated carbocycles. The third-order valence-electron chi connectivity index (χ3n) is 6.23. The van der Waals surface area contributed by atoms with Gasteiger partial charge in [0, 0.05) is 24.8 Å². The van der Waals surface area contributed by atoms with E-state index in [-0.39, 0.29) is 5.54 Å². The van der Waals surface area contributed by atoms with E-state index in [2.05, 4.69) is 51.8 Å². The lowest BCUT2D eigenvalue weighted by atomic mass is 9.72. The predicted octanol–water partition coefficient (Wildman–Crippen LogP) is 4.16. The van der Waals surface area contributed by atoms with Crippen LogP contribution in [0.4, 0.5) is 5.82 Å². The summed E-state index contributed by atoms with van der Waals surface area (Å²) in [5, 5.41) is 8.11. The lowest BCUT2D eigenvalue weighted by Gasteiger charge is -2.38. The van der Waals surface area contributed by atoms with Crippen LogP contribution in [0.3, 0.4) is 0 Å². The molecule has 1 aliphatic carbocycles. The number of aryl methyl sites for hydroxylation is 1. The van der Waals surface area contributed by atoms with Crippen molar-refractivity contribution in [1.29, 1.82) is 0 Å². The first kappa shape index (κ1) is 20.6. The minimum absolute atomic E-state index is 0.185. The van der Waals surface area contributed by atoms with Gasteiger partial charge in [-0.2, -0.15) is 9.50 Å². The molecule has 7 nitrogen and oxygen atoms in total. The molecule has 0 bridgehead atoms. The zero-order valence-corrected chi connectivity index (χ0v) is 18.5. The Balaban J connectivity index is 1.70. The number of aromatic nitrogens is 4. The van der Waals surface area contributed by atoms with Crippen LogP contribution in [0.5, 0.6) is 0 Å². The van der Waals surface area contributed by atoms with Crippen molar-refractivity contribution >= 4 is 11.6 Å². The van der Waals surface area contributed by atoms with Crippen LogP contribution < -0.4 is 11.1 Å². The molecule has 0 radical (unpaired) electrons. The van der Waals surface area contributed by atoms with Crippen LogP contribution in [0.25, 0.3) is 28.2 Å². The largest absolute Gasteiger partial charge is 0.383 e. The Bertz CT molecular complexity index is 1230. The van der Waals surface area contributed by atoms with E-state index in [9.17, 15) is 0 Å². The van der Waals surface area contributed by atoms with E-state index >= 15 is 0 Å². The van der Waals surface area contributed by atoms with Crippen LogP contribution in [-0.2, 0) is 10.3 Å². The van der Waals surface area contributed by atoms with Gasteiger partial charge in [0.15, 0.2) is 0 Å². The average molecular weight is 429 g/mol. The van der Waals surface area contributed by atoms with Crippen LogP contribution in [0, 0.1) is 6.92 Å². The summed E-state index contributed by atoms with van der Waals surface area (Å²) in [4.78, 5) is 9.50. The molecule has 0 saturated heterocycles. The van der Waals surface area contributed by atoms with E-state index in [0.29, 0.717) is 24.8 Å². The summed E-state index contributed by atoms with van der Waals surface area (Å²) in [7, 11) is 1.70. The SMILES string of the molecule is COCCNc1c(-c2ccccc2)c(-c2ccc(C3(N)CCC3)cc2)nc2nc(C)nn12. The molecule has 32 heavy (non-hydrogen) atoms. The fourth-order valence-corrected chi connectivity index (χ4v) is 4.33. The highest BCUT2D eigenvalue weighted by Gasteiger charge is 2.34. The zero-order valence-electron chi connectivity index (χ0n) is 18.5. The van der Waals surface area contributed by atoms with Gasteiger partial charge >= 0.3 is 0 Å². The van der Waals surface area contributed by atoms with Crippen molar-refractivity contribution in [3.63, 3.8) is 0 Å². The lowest BCUT2D eigenvalue weighted by molar-refractivity contribution is 0.210. The lowest BCUT2D eigenvalue weighted by Crippen LogP contribution is -2.43. The predicted molar refractivity (Wildman–Crippen MR) is 126 cm³/mol. The second-order valence-electron chi connectivity index (χ2n) is 8.43. The summed E-state index contributed by atoms with van der Waals surface area (Å²) in [5.74, 6) is 2.09. The number of methoxy groups -OCH3 is 1. The van der Waals surface area contributed by atoms with E-state index in [1.165, 1.54) is 12.0 Å². The summed E-state index contributed by atoms with van der Waals surface area (Å²) in [6.07, 6.45) is 3.27. The molecule has 2 aromatic heterocycles. The number of rotatable bonds is 7. The Morgan fingerprint density at radius 1 is 1.03 bits per heavy atom. The van der Waals surface area contributed by atoms with Crippen molar-refractivity contribution in [2.45, 2.75) is 31.7 Å². The molecule has 4 aromatic rings. The fraction of sp³-hybridized carbons (Fsp3) is 0.320. The molecule has 0 unspecified atom stereocenters. The zero-order chi connectivity index (χ0) is 22.1. The minimum Gasteiger partial charge on any atom is -0.383 e. The maximum Gasteiger partial charge on any atom is 0.254 e. The number of hydrogen-bond donors (Lipinski definition) is 2. The highest BCUT2D eigenvalue weighted by Crippen LogP contribution is 2.41. The molecular formula is C25H28N6O. The van der Waals surface area contributed by atoms with E-state index in [0.717, 1.165) is 41.0 Å². The van der Waals surface area contributed by atoms with Gasteiger partial charge in [-0.05, 0) is 37.3 Å². The van der Waals surface area contributed by atoms with Crippen LogP contribution in [0.15, 0.2) is 54.6 Å². The van der Waals surface area contributed by atoms with E-state index in [1.807, 2.05) is 25.1 Å². The second-order valence-corrected chi connectivity index (χ2v) is 8.43. The summed E-state index contributed by atoms with van der Waals surface area (Å²) in [6.45, 7) is 3.10. The molecule has 0 spiro atoms. The van der Waals surface area contributed by atoms with Crippen molar-refractivity contribution in [3.05, 3.63) is 66.0 Å². The first-order chi connectivity index (χ1) is 15.6. The molecule has 1 aliphatic rings. The maximum atomic E-state index is 6.54.